The summed E-state index contributed by atoms with van der Waals surface area (Å²) in [6.45, 7) is 8.17. The standard InChI is InChI=1S/C15H28N2O2/c1-4-6-7-8-9-13(3)17-15(19)11-10-14(18)16-12-5-2/h5,13H,2,4,6-12H2,1,3H3,(H,16,18)(H,17,19). The van der Waals surface area contributed by atoms with Crippen molar-refractivity contribution in [1.82, 2.24) is 10.6 Å². The molecule has 0 aromatic rings. The van der Waals surface area contributed by atoms with E-state index in [1.807, 2.05) is 6.92 Å². The minimum Gasteiger partial charge on any atom is -0.354 e. The molecule has 4 nitrogen and oxygen atoms in total. The lowest BCUT2D eigenvalue weighted by Gasteiger charge is -2.13. The van der Waals surface area contributed by atoms with Gasteiger partial charge in [-0.1, -0.05) is 38.7 Å². The quantitative estimate of drug-likeness (QED) is 0.447. The van der Waals surface area contributed by atoms with Crippen molar-refractivity contribution >= 4 is 11.8 Å². The molecule has 19 heavy (non-hydrogen) atoms. The van der Waals surface area contributed by atoms with Gasteiger partial charge in [0.2, 0.25) is 11.8 Å². The highest BCUT2D eigenvalue weighted by atomic mass is 16.2. The highest BCUT2D eigenvalue weighted by molar-refractivity contribution is 5.83. The molecule has 0 aliphatic heterocycles. The van der Waals surface area contributed by atoms with Crippen LogP contribution in [0.3, 0.4) is 0 Å². The van der Waals surface area contributed by atoms with Crippen molar-refractivity contribution in [3.8, 4) is 0 Å². The number of hydrogen-bond acceptors (Lipinski definition) is 2. The van der Waals surface area contributed by atoms with Crippen molar-refractivity contribution in [2.75, 3.05) is 6.54 Å². The molecule has 0 aliphatic rings. The number of hydrogen-bond donors (Lipinski definition) is 2. The molecule has 2 N–H and O–H groups in total. The van der Waals surface area contributed by atoms with E-state index in [1.165, 1.54) is 19.3 Å². The molecule has 0 aromatic carbocycles. The van der Waals surface area contributed by atoms with E-state index in [-0.39, 0.29) is 30.7 Å². The van der Waals surface area contributed by atoms with Gasteiger partial charge in [0, 0.05) is 25.4 Å². The molecule has 0 radical (unpaired) electrons. The Kier molecular flexibility index (Phi) is 10.9. The lowest BCUT2D eigenvalue weighted by atomic mass is 10.1. The SMILES string of the molecule is C=CCNC(=O)CCC(=O)NC(C)CCCCCC. The fraction of sp³-hybridized carbons (Fsp3) is 0.733. The van der Waals surface area contributed by atoms with Crippen LogP contribution < -0.4 is 10.6 Å². The predicted molar refractivity (Wildman–Crippen MR) is 78.8 cm³/mol. The molecular formula is C15H28N2O2. The van der Waals surface area contributed by atoms with Gasteiger partial charge in [0.15, 0.2) is 0 Å². The maximum Gasteiger partial charge on any atom is 0.220 e. The summed E-state index contributed by atoms with van der Waals surface area (Å²) in [7, 11) is 0. The number of rotatable bonds is 11. The smallest absolute Gasteiger partial charge is 0.220 e. The van der Waals surface area contributed by atoms with E-state index >= 15 is 0 Å². The zero-order valence-electron chi connectivity index (χ0n) is 12.3. The maximum atomic E-state index is 11.6. The summed E-state index contributed by atoms with van der Waals surface area (Å²) in [5.74, 6) is -0.151. The van der Waals surface area contributed by atoms with Gasteiger partial charge in [-0.2, -0.15) is 0 Å². The number of unbranched alkanes of at least 4 members (excludes halogenated alkanes) is 3. The summed E-state index contributed by atoms with van der Waals surface area (Å²) in [6, 6.07) is 0.195. The fourth-order valence-electron chi connectivity index (χ4n) is 1.80. The molecular weight excluding hydrogens is 240 g/mol. The molecule has 0 rings (SSSR count). The van der Waals surface area contributed by atoms with E-state index in [2.05, 4.69) is 24.1 Å². The second-order valence-corrected chi connectivity index (χ2v) is 4.91. The molecule has 0 bridgehead atoms. The van der Waals surface area contributed by atoms with Gasteiger partial charge in [0.25, 0.3) is 0 Å². The lowest BCUT2D eigenvalue weighted by Crippen LogP contribution is -2.33. The Hall–Kier alpha value is -1.32. The van der Waals surface area contributed by atoms with Crippen LogP contribution in [0.1, 0.15) is 58.8 Å². The highest BCUT2D eigenvalue weighted by Crippen LogP contribution is 2.05. The van der Waals surface area contributed by atoms with E-state index in [9.17, 15) is 9.59 Å². The van der Waals surface area contributed by atoms with Crippen molar-refractivity contribution in [2.24, 2.45) is 0 Å². The van der Waals surface area contributed by atoms with E-state index in [0.29, 0.717) is 6.54 Å². The van der Waals surface area contributed by atoms with Gasteiger partial charge in [-0.15, -0.1) is 6.58 Å². The van der Waals surface area contributed by atoms with Gasteiger partial charge in [-0.05, 0) is 13.3 Å². The van der Waals surface area contributed by atoms with Gasteiger partial charge < -0.3 is 10.6 Å². The zero-order chi connectivity index (χ0) is 14.5. The maximum absolute atomic E-state index is 11.6. The fourth-order valence-corrected chi connectivity index (χ4v) is 1.80. The lowest BCUT2D eigenvalue weighted by molar-refractivity contribution is -0.126. The summed E-state index contributed by atoms with van der Waals surface area (Å²) < 4.78 is 0. The molecule has 0 spiro atoms. The molecule has 0 aliphatic carbocycles. The van der Waals surface area contributed by atoms with Crippen molar-refractivity contribution in [3.05, 3.63) is 12.7 Å². The first-order valence-electron chi connectivity index (χ1n) is 7.27. The second-order valence-electron chi connectivity index (χ2n) is 4.91. The van der Waals surface area contributed by atoms with Crippen LogP contribution in [0.25, 0.3) is 0 Å². The Bertz CT molecular complexity index is 277. The molecule has 0 heterocycles. The van der Waals surface area contributed by atoms with Crippen LogP contribution in [0.5, 0.6) is 0 Å². The second kappa shape index (κ2) is 11.8. The third kappa shape index (κ3) is 11.5. The normalized spacial score (nSPS) is 11.7. The first kappa shape index (κ1) is 17.7. The molecule has 1 unspecified atom stereocenters. The van der Waals surface area contributed by atoms with Crippen LogP contribution in [0, 0.1) is 0 Å². The van der Waals surface area contributed by atoms with E-state index in [1.54, 1.807) is 6.08 Å². The molecule has 1 atom stereocenters. The first-order valence-corrected chi connectivity index (χ1v) is 7.27. The molecule has 0 fully saturated rings. The third-order valence-corrected chi connectivity index (χ3v) is 2.92. The van der Waals surface area contributed by atoms with E-state index in [0.717, 1.165) is 12.8 Å². The van der Waals surface area contributed by atoms with Crippen molar-refractivity contribution in [2.45, 2.75) is 64.8 Å². The summed E-state index contributed by atoms with van der Waals surface area (Å²) in [4.78, 5) is 22.9. The number of amides is 2. The molecule has 2 amide bonds. The van der Waals surface area contributed by atoms with Crippen molar-refractivity contribution in [1.29, 1.82) is 0 Å². The minimum atomic E-state index is -0.106. The first-order chi connectivity index (χ1) is 9.10. The van der Waals surface area contributed by atoms with Crippen molar-refractivity contribution in [3.63, 3.8) is 0 Å². The van der Waals surface area contributed by atoms with Gasteiger partial charge >= 0.3 is 0 Å². The van der Waals surface area contributed by atoms with Crippen LogP contribution in [-0.2, 0) is 9.59 Å². The van der Waals surface area contributed by atoms with Crippen LogP contribution in [0.2, 0.25) is 0 Å². The predicted octanol–water partition coefficient (Wildman–Crippen LogP) is 2.54. The van der Waals surface area contributed by atoms with Crippen molar-refractivity contribution < 1.29 is 9.59 Å². The minimum absolute atomic E-state index is 0.0447. The molecule has 0 saturated heterocycles. The monoisotopic (exact) mass is 268 g/mol. The molecule has 4 heteroatoms. The number of nitrogens with one attached hydrogen (secondary N) is 2. The van der Waals surface area contributed by atoms with Crippen LogP contribution in [0.15, 0.2) is 12.7 Å². The van der Waals surface area contributed by atoms with E-state index in [4.69, 9.17) is 0 Å². The van der Waals surface area contributed by atoms with Crippen LogP contribution >= 0.6 is 0 Å². The average molecular weight is 268 g/mol. The topological polar surface area (TPSA) is 58.2 Å². The molecule has 0 saturated carbocycles. The van der Waals surface area contributed by atoms with Gasteiger partial charge in [-0.25, -0.2) is 0 Å². The third-order valence-electron chi connectivity index (χ3n) is 2.92. The zero-order valence-corrected chi connectivity index (χ0v) is 12.3. The Morgan fingerprint density at radius 2 is 1.84 bits per heavy atom. The Morgan fingerprint density at radius 1 is 1.16 bits per heavy atom. The van der Waals surface area contributed by atoms with Gasteiger partial charge in [0.1, 0.15) is 0 Å². The Balaban J connectivity index is 3.61. The summed E-state index contributed by atoms with van der Waals surface area (Å²) in [5, 5.41) is 5.58. The molecule has 110 valence electrons. The van der Waals surface area contributed by atoms with Gasteiger partial charge in [0.05, 0.1) is 0 Å². The highest BCUT2D eigenvalue weighted by Gasteiger charge is 2.09. The number of carbonyl (C=O) groups is 2. The summed E-state index contributed by atoms with van der Waals surface area (Å²) in [5.41, 5.74) is 0. The molecule has 0 aromatic heterocycles. The Morgan fingerprint density at radius 3 is 2.47 bits per heavy atom. The van der Waals surface area contributed by atoms with E-state index < -0.39 is 0 Å². The largest absolute Gasteiger partial charge is 0.354 e. The van der Waals surface area contributed by atoms with Gasteiger partial charge in [-0.3, -0.25) is 9.59 Å². The summed E-state index contributed by atoms with van der Waals surface area (Å²) >= 11 is 0. The van der Waals surface area contributed by atoms with Crippen LogP contribution in [0.4, 0.5) is 0 Å². The van der Waals surface area contributed by atoms with Crippen LogP contribution in [-0.4, -0.2) is 24.4 Å². The summed E-state index contributed by atoms with van der Waals surface area (Å²) in [6.07, 6.45) is 7.97. The number of carbonyl (C=O) groups excluding carboxylic acids is 2. The average Bonchev–Trinajstić information content (AvgIpc) is 2.39. The Labute approximate surface area is 117 Å².